The van der Waals surface area contributed by atoms with Crippen LogP contribution < -0.4 is 4.74 Å². The smallest absolute Gasteiger partial charge is 0.271 e. The first-order valence-electron chi connectivity index (χ1n) is 9.33. The number of rotatable bonds is 4. The van der Waals surface area contributed by atoms with Gasteiger partial charge in [-0.05, 0) is 30.7 Å². The Kier molecular flexibility index (Phi) is 5.61. The van der Waals surface area contributed by atoms with Gasteiger partial charge in [0.05, 0.1) is 18.7 Å². The molecule has 7 heteroatoms. The van der Waals surface area contributed by atoms with Gasteiger partial charge >= 0.3 is 0 Å². The Morgan fingerprint density at radius 3 is 2.43 bits per heavy atom. The number of hydrogen-bond donors (Lipinski definition) is 0. The van der Waals surface area contributed by atoms with Crippen LogP contribution in [0, 0.1) is 17.1 Å². The van der Waals surface area contributed by atoms with Crippen molar-refractivity contribution < 1.29 is 18.7 Å². The van der Waals surface area contributed by atoms with Crippen LogP contribution in [-0.4, -0.2) is 48.4 Å². The zero-order valence-corrected chi connectivity index (χ0v) is 17.3. The maximum atomic E-state index is 14.8. The molecule has 2 amide bonds. The van der Waals surface area contributed by atoms with Gasteiger partial charge in [0.1, 0.15) is 11.2 Å². The predicted molar refractivity (Wildman–Crippen MR) is 110 cm³/mol. The van der Waals surface area contributed by atoms with Crippen LogP contribution in [0.25, 0.3) is 6.08 Å². The van der Waals surface area contributed by atoms with Gasteiger partial charge in [0.15, 0.2) is 11.6 Å². The normalized spacial score (nSPS) is 20.5. The van der Waals surface area contributed by atoms with Crippen LogP contribution in [0.5, 0.6) is 5.75 Å². The minimum Gasteiger partial charge on any atom is -0.494 e. The minimum absolute atomic E-state index is 0.0170. The van der Waals surface area contributed by atoms with Crippen molar-refractivity contribution in [1.29, 1.82) is 5.26 Å². The second-order valence-electron chi connectivity index (χ2n) is 7.35. The summed E-state index contributed by atoms with van der Waals surface area (Å²) >= 11 is 0. The van der Waals surface area contributed by atoms with Crippen molar-refractivity contribution >= 4 is 17.9 Å². The summed E-state index contributed by atoms with van der Waals surface area (Å²) in [5, 5.41) is 9.36. The number of halogens is 1. The lowest BCUT2D eigenvalue weighted by Gasteiger charge is -2.45. The van der Waals surface area contributed by atoms with Gasteiger partial charge in [-0.25, -0.2) is 4.39 Å². The largest absolute Gasteiger partial charge is 0.494 e. The topological polar surface area (TPSA) is 73.6 Å². The summed E-state index contributed by atoms with van der Waals surface area (Å²) in [6.45, 7) is 1.71. The van der Waals surface area contributed by atoms with Crippen LogP contribution in [0.1, 0.15) is 23.6 Å². The lowest BCUT2D eigenvalue weighted by Crippen LogP contribution is -2.64. The highest BCUT2D eigenvalue weighted by Crippen LogP contribution is 2.33. The number of carbonyl (C=O) groups excluding carboxylic acids is 2. The van der Waals surface area contributed by atoms with E-state index < -0.39 is 17.3 Å². The summed E-state index contributed by atoms with van der Waals surface area (Å²) < 4.78 is 19.8. The molecule has 1 aliphatic rings. The number of likely N-dealkylation sites (N-methyl/N-ethyl adjacent to an activating group) is 2. The van der Waals surface area contributed by atoms with E-state index in [9.17, 15) is 19.2 Å². The van der Waals surface area contributed by atoms with Gasteiger partial charge in [0.2, 0.25) is 0 Å². The number of benzene rings is 2. The van der Waals surface area contributed by atoms with E-state index in [4.69, 9.17) is 4.74 Å². The van der Waals surface area contributed by atoms with E-state index in [1.807, 2.05) is 36.4 Å². The van der Waals surface area contributed by atoms with Crippen molar-refractivity contribution in [3.05, 3.63) is 70.7 Å². The third-order valence-electron chi connectivity index (χ3n) is 5.55. The average molecular weight is 407 g/mol. The number of methoxy groups -OCH3 is 1. The number of carbonyl (C=O) groups is 2. The average Bonchev–Trinajstić information content (AvgIpc) is 2.75. The van der Waals surface area contributed by atoms with Crippen LogP contribution in [0.3, 0.4) is 0 Å². The maximum absolute atomic E-state index is 14.8. The Balaban J connectivity index is 2.06. The van der Waals surface area contributed by atoms with Crippen molar-refractivity contribution in [2.45, 2.75) is 18.9 Å². The molecule has 0 spiro atoms. The molecule has 3 rings (SSSR count). The van der Waals surface area contributed by atoms with E-state index in [0.717, 1.165) is 5.56 Å². The molecular formula is C23H22FN3O3. The number of amides is 2. The first kappa shape index (κ1) is 21.1. The predicted octanol–water partition coefficient (Wildman–Crippen LogP) is 2.98. The molecule has 6 nitrogen and oxygen atoms in total. The Bertz CT molecular complexity index is 1080. The molecule has 1 fully saturated rings. The molecule has 0 aliphatic carbocycles. The number of ether oxygens (including phenoxy) is 1. The molecule has 1 atom stereocenters. The SMILES string of the molecule is COc1ccc(C#N)c(/C=C2/C(=O)N(C)C(C)(Cc3ccccc3)C(=O)N2C)c1F. The van der Waals surface area contributed by atoms with Gasteiger partial charge in [-0.3, -0.25) is 9.59 Å². The first-order valence-corrected chi connectivity index (χ1v) is 9.33. The highest BCUT2D eigenvalue weighted by molar-refractivity contribution is 6.08. The third-order valence-corrected chi connectivity index (χ3v) is 5.55. The Morgan fingerprint density at radius 1 is 1.17 bits per heavy atom. The van der Waals surface area contributed by atoms with E-state index in [-0.39, 0.29) is 28.5 Å². The van der Waals surface area contributed by atoms with Crippen LogP contribution in [0.15, 0.2) is 48.2 Å². The Morgan fingerprint density at radius 2 is 1.83 bits per heavy atom. The van der Waals surface area contributed by atoms with E-state index in [0.29, 0.717) is 6.42 Å². The van der Waals surface area contributed by atoms with Gasteiger partial charge in [-0.15, -0.1) is 0 Å². The molecule has 0 bridgehead atoms. The number of piperazine rings is 1. The lowest BCUT2D eigenvalue weighted by atomic mass is 9.87. The van der Waals surface area contributed by atoms with Gasteiger partial charge in [0.25, 0.3) is 11.8 Å². The molecule has 1 aliphatic heterocycles. The lowest BCUT2D eigenvalue weighted by molar-refractivity contribution is -0.155. The van der Waals surface area contributed by atoms with Crippen molar-refractivity contribution in [3.8, 4) is 11.8 Å². The highest BCUT2D eigenvalue weighted by Gasteiger charge is 2.48. The Hall–Kier alpha value is -3.66. The summed E-state index contributed by atoms with van der Waals surface area (Å²) in [5.41, 5.74) is -0.263. The molecule has 1 heterocycles. The molecule has 30 heavy (non-hydrogen) atoms. The van der Waals surface area contributed by atoms with Crippen LogP contribution >= 0.6 is 0 Å². The van der Waals surface area contributed by atoms with E-state index >= 15 is 0 Å². The monoisotopic (exact) mass is 407 g/mol. The quantitative estimate of drug-likeness (QED) is 0.731. The molecule has 2 aromatic carbocycles. The summed E-state index contributed by atoms with van der Waals surface area (Å²) in [6.07, 6.45) is 1.57. The summed E-state index contributed by atoms with van der Waals surface area (Å²) in [5.74, 6) is -1.57. The van der Waals surface area contributed by atoms with Gasteiger partial charge in [-0.2, -0.15) is 5.26 Å². The fourth-order valence-corrected chi connectivity index (χ4v) is 3.61. The molecule has 1 saturated heterocycles. The van der Waals surface area contributed by atoms with Crippen molar-refractivity contribution in [2.24, 2.45) is 0 Å². The fourth-order valence-electron chi connectivity index (χ4n) is 3.61. The van der Waals surface area contributed by atoms with E-state index in [2.05, 4.69) is 0 Å². The first-order chi connectivity index (χ1) is 14.2. The molecule has 2 aromatic rings. The fraction of sp³-hybridized carbons (Fsp3) is 0.261. The molecule has 154 valence electrons. The minimum atomic E-state index is -1.10. The molecular weight excluding hydrogens is 385 g/mol. The van der Waals surface area contributed by atoms with E-state index in [1.54, 1.807) is 14.0 Å². The number of hydrogen-bond acceptors (Lipinski definition) is 4. The van der Waals surface area contributed by atoms with Crippen molar-refractivity contribution in [2.75, 3.05) is 21.2 Å². The molecule has 0 aromatic heterocycles. The zero-order valence-electron chi connectivity index (χ0n) is 17.3. The summed E-state index contributed by atoms with van der Waals surface area (Å²) in [4.78, 5) is 29.1. The molecule has 0 radical (unpaired) electrons. The summed E-state index contributed by atoms with van der Waals surface area (Å²) in [6, 6.07) is 14.1. The van der Waals surface area contributed by atoms with Gasteiger partial charge < -0.3 is 14.5 Å². The van der Waals surface area contributed by atoms with Crippen LogP contribution in [0.2, 0.25) is 0 Å². The third kappa shape index (κ3) is 3.41. The molecule has 0 saturated carbocycles. The van der Waals surface area contributed by atoms with Crippen molar-refractivity contribution in [1.82, 2.24) is 9.80 Å². The van der Waals surface area contributed by atoms with Gasteiger partial charge in [0, 0.05) is 26.1 Å². The molecule has 1 unspecified atom stereocenters. The van der Waals surface area contributed by atoms with Crippen LogP contribution in [0.4, 0.5) is 4.39 Å². The number of nitrogens with zero attached hydrogens (tertiary/aromatic N) is 3. The standard InChI is InChI=1S/C23H22FN3O3/c1-23(13-15-8-6-5-7-9-15)22(29)26(2)18(21(28)27(23)3)12-17-16(14-25)10-11-19(30-4)20(17)24/h5-12H,13H2,1-4H3/b18-12-. The second-order valence-corrected chi connectivity index (χ2v) is 7.35. The van der Waals surface area contributed by atoms with E-state index in [1.165, 1.54) is 42.2 Å². The van der Waals surface area contributed by atoms with Crippen LogP contribution in [-0.2, 0) is 16.0 Å². The summed E-state index contributed by atoms with van der Waals surface area (Å²) in [7, 11) is 4.34. The highest BCUT2D eigenvalue weighted by atomic mass is 19.1. The zero-order chi connectivity index (χ0) is 22.1. The maximum Gasteiger partial charge on any atom is 0.271 e. The van der Waals surface area contributed by atoms with Crippen molar-refractivity contribution in [3.63, 3.8) is 0 Å². The number of nitriles is 1. The molecule has 0 N–H and O–H groups in total. The second kappa shape index (κ2) is 7.99. The van der Waals surface area contributed by atoms with Gasteiger partial charge in [-0.1, -0.05) is 30.3 Å². The Labute approximate surface area is 174 Å².